The lowest BCUT2D eigenvalue weighted by molar-refractivity contribution is -0.385. The van der Waals surface area contributed by atoms with E-state index in [2.05, 4.69) is 9.82 Å². The number of benzene rings is 2. The zero-order chi connectivity index (χ0) is 21.3. The van der Waals surface area contributed by atoms with Crippen molar-refractivity contribution in [1.82, 2.24) is 9.78 Å². The van der Waals surface area contributed by atoms with Crippen LogP contribution in [0.1, 0.15) is 17.0 Å². The fourth-order valence-electron chi connectivity index (χ4n) is 2.79. The first kappa shape index (κ1) is 21.1. The van der Waals surface area contributed by atoms with Crippen molar-refractivity contribution in [3.05, 3.63) is 79.6 Å². The third kappa shape index (κ3) is 4.36. The number of non-ortho nitro benzene ring substituents is 1. The number of aromatic nitrogens is 2. The number of sulfonamides is 1. The molecule has 0 saturated carbocycles. The molecule has 3 aromatic rings. The molecule has 0 radical (unpaired) electrons. The van der Waals surface area contributed by atoms with Crippen molar-refractivity contribution >= 4 is 44.6 Å². The first-order valence-electron chi connectivity index (χ1n) is 8.34. The number of nitrogens with one attached hydrogen (secondary N) is 1. The highest BCUT2D eigenvalue weighted by Gasteiger charge is 2.22. The quantitative estimate of drug-likeness (QED) is 0.433. The first-order chi connectivity index (χ1) is 13.6. The van der Waals surface area contributed by atoms with Crippen molar-refractivity contribution in [1.29, 1.82) is 0 Å². The minimum absolute atomic E-state index is 0.215. The van der Waals surface area contributed by atoms with Gasteiger partial charge in [0.25, 0.3) is 15.7 Å². The van der Waals surface area contributed by atoms with E-state index in [9.17, 15) is 18.5 Å². The topological polar surface area (TPSA) is 107 Å². The van der Waals surface area contributed by atoms with Crippen LogP contribution in [-0.4, -0.2) is 23.1 Å². The van der Waals surface area contributed by atoms with Gasteiger partial charge in [-0.3, -0.25) is 19.5 Å². The number of anilines is 1. The summed E-state index contributed by atoms with van der Waals surface area (Å²) >= 11 is 12.4. The molecule has 0 amide bonds. The highest BCUT2D eigenvalue weighted by atomic mass is 35.5. The van der Waals surface area contributed by atoms with Crippen LogP contribution in [0.15, 0.2) is 47.4 Å². The molecule has 0 aliphatic rings. The van der Waals surface area contributed by atoms with Crippen LogP contribution < -0.4 is 4.72 Å². The molecule has 2 aromatic carbocycles. The van der Waals surface area contributed by atoms with Gasteiger partial charge >= 0.3 is 0 Å². The zero-order valence-electron chi connectivity index (χ0n) is 15.4. The van der Waals surface area contributed by atoms with Crippen LogP contribution in [0.5, 0.6) is 0 Å². The standard InChI is InChI=1S/C18H16Cl2N4O4S/c1-11-18(22-29(27,28)14-6-3-5-13(9-14)24(25)26)12(2)23(21-11)10-15-16(19)7-4-8-17(15)20/h3-9,22H,10H2,1-2H3. The molecule has 0 spiro atoms. The second-order valence-corrected chi connectivity index (χ2v) is 8.76. The molecule has 0 unspecified atom stereocenters. The van der Waals surface area contributed by atoms with Crippen molar-refractivity contribution in [2.24, 2.45) is 0 Å². The van der Waals surface area contributed by atoms with Gasteiger partial charge in [-0.25, -0.2) is 8.42 Å². The Balaban J connectivity index is 1.95. The Morgan fingerprint density at radius 1 is 1.14 bits per heavy atom. The fourth-order valence-corrected chi connectivity index (χ4v) is 4.52. The molecule has 0 saturated heterocycles. The normalized spacial score (nSPS) is 11.4. The molecule has 11 heteroatoms. The fraction of sp³-hybridized carbons (Fsp3) is 0.167. The number of nitrogens with zero attached hydrogens (tertiary/aromatic N) is 3. The maximum atomic E-state index is 12.7. The molecule has 0 aliphatic carbocycles. The summed E-state index contributed by atoms with van der Waals surface area (Å²) in [6.07, 6.45) is 0. The van der Waals surface area contributed by atoms with Gasteiger partial charge in [-0.15, -0.1) is 0 Å². The van der Waals surface area contributed by atoms with Crippen LogP contribution in [0.2, 0.25) is 10.0 Å². The van der Waals surface area contributed by atoms with Gasteiger partial charge in [0, 0.05) is 27.7 Å². The van der Waals surface area contributed by atoms with Gasteiger partial charge in [0.05, 0.1) is 33.4 Å². The van der Waals surface area contributed by atoms with Gasteiger partial charge in [0.1, 0.15) is 0 Å². The monoisotopic (exact) mass is 454 g/mol. The van der Waals surface area contributed by atoms with Crippen LogP contribution in [0.3, 0.4) is 0 Å². The van der Waals surface area contributed by atoms with Gasteiger partial charge in [-0.2, -0.15) is 5.10 Å². The maximum Gasteiger partial charge on any atom is 0.270 e. The smallest absolute Gasteiger partial charge is 0.270 e. The number of hydrogen-bond acceptors (Lipinski definition) is 5. The summed E-state index contributed by atoms with van der Waals surface area (Å²) in [6.45, 7) is 3.61. The molecule has 0 aliphatic heterocycles. The van der Waals surface area contributed by atoms with Crippen LogP contribution >= 0.6 is 23.2 Å². The highest BCUT2D eigenvalue weighted by Crippen LogP contribution is 2.29. The second-order valence-electron chi connectivity index (χ2n) is 6.26. The average molecular weight is 455 g/mol. The Morgan fingerprint density at radius 3 is 2.38 bits per heavy atom. The summed E-state index contributed by atoms with van der Waals surface area (Å²) in [6, 6.07) is 9.97. The number of nitro benzene ring substituents is 1. The maximum absolute atomic E-state index is 12.7. The number of nitro groups is 1. The van der Waals surface area contributed by atoms with Gasteiger partial charge in [0.15, 0.2) is 0 Å². The second kappa shape index (κ2) is 8.02. The first-order valence-corrected chi connectivity index (χ1v) is 10.6. The van der Waals surface area contributed by atoms with E-state index >= 15 is 0 Å². The lowest BCUT2D eigenvalue weighted by atomic mass is 10.2. The summed E-state index contributed by atoms with van der Waals surface area (Å²) < 4.78 is 29.6. The predicted molar refractivity (Wildman–Crippen MR) is 111 cm³/mol. The Hall–Kier alpha value is -2.62. The summed E-state index contributed by atoms with van der Waals surface area (Å²) in [4.78, 5) is 10.1. The van der Waals surface area contributed by atoms with E-state index < -0.39 is 14.9 Å². The van der Waals surface area contributed by atoms with Crippen LogP contribution in [0, 0.1) is 24.0 Å². The molecule has 152 valence electrons. The Labute approximate surface area is 177 Å². The average Bonchev–Trinajstić information content (AvgIpc) is 2.92. The van der Waals surface area contributed by atoms with Gasteiger partial charge < -0.3 is 0 Å². The molecule has 8 nitrogen and oxygen atoms in total. The zero-order valence-corrected chi connectivity index (χ0v) is 17.7. The summed E-state index contributed by atoms with van der Waals surface area (Å²) in [5.41, 5.74) is 1.63. The number of halogens is 2. The van der Waals surface area contributed by atoms with E-state index in [1.807, 2.05) is 0 Å². The van der Waals surface area contributed by atoms with E-state index in [-0.39, 0.29) is 17.1 Å². The third-order valence-electron chi connectivity index (χ3n) is 4.33. The molecular weight excluding hydrogens is 439 g/mol. The lowest BCUT2D eigenvalue weighted by Gasteiger charge is -2.10. The summed E-state index contributed by atoms with van der Waals surface area (Å²) in [5.74, 6) is 0. The van der Waals surface area contributed by atoms with E-state index in [4.69, 9.17) is 23.2 Å². The summed E-state index contributed by atoms with van der Waals surface area (Å²) in [5, 5.41) is 16.3. The van der Waals surface area contributed by atoms with E-state index in [1.54, 1.807) is 36.7 Å². The van der Waals surface area contributed by atoms with E-state index in [1.165, 1.54) is 18.2 Å². The van der Waals surface area contributed by atoms with E-state index in [0.29, 0.717) is 32.7 Å². The minimum Gasteiger partial charge on any atom is -0.276 e. The molecule has 1 N–H and O–H groups in total. The van der Waals surface area contributed by atoms with Gasteiger partial charge in [-0.05, 0) is 32.0 Å². The molecule has 0 fully saturated rings. The van der Waals surface area contributed by atoms with Crippen molar-refractivity contribution < 1.29 is 13.3 Å². The van der Waals surface area contributed by atoms with Crippen molar-refractivity contribution in [3.8, 4) is 0 Å². The Morgan fingerprint density at radius 2 is 1.76 bits per heavy atom. The van der Waals surface area contributed by atoms with Crippen LogP contribution in [0.25, 0.3) is 0 Å². The lowest BCUT2D eigenvalue weighted by Crippen LogP contribution is -2.14. The van der Waals surface area contributed by atoms with Gasteiger partial charge in [0.2, 0.25) is 0 Å². The van der Waals surface area contributed by atoms with Crippen molar-refractivity contribution in [2.75, 3.05) is 4.72 Å². The molecule has 0 atom stereocenters. The molecular formula is C18H16Cl2N4O4S. The number of rotatable bonds is 6. The molecule has 0 bridgehead atoms. The van der Waals surface area contributed by atoms with Gasteiger partial charge in [-0.1, -0.05) is 35.3 Å². The third-order valence-corrected chi connectivity index (χ3v) is 6.38. The number of hydrogen-bond donors (Lipinski definition) is 1. The summed E-state index contributed by atoms with van der Waals surface area (Å²) in [7, 11) is -4.05. The van der Waals surface area contributed by atoms with E-state index in [0.717, 1.165) is 6.07 Å². The molecule has 3 rings (SSSR count). The van der Waals surface area contributed by atoms with Crippen molar-refractivity contribution in [2.45, 2.75) is 25.3 Å². The number of aryl methyl sites for hydroxylation is 1. The Bertz CT molecular complexity index is 1190. The SMILES string of the molecule is Cc1nn(Cc2c(Cl)cccc2Cl)c(C)c1NS(=O)(=O)c1cccc([N+](=O)[O-])c1. The van der Waals surface area contributed by atoms with Crippen LogP contribution in [-0.2, 0) is 16.6 Å². The molecule has 29 heavy (non-hydrogen) atoms. The highest BCUT2D eigenvalue weighted by molar-refractivity contribution is 7.92. The Kier molecular flexibility index (Phi) is 5.83. The van der Waals surface area contributed by atoms with Crippen molar-refractivity contribution in [3.63, 3.8) is 0 Å². The predicted octanol–water partition coefficient (Wildman–Crippen LogP) is 4.56. The van der Waals surface area contributed by atoms with Crippen LogP contribution in [0.4, 0.5) is 11.4 Å². The molecule has 1 heterocycles. The molecule has 1 aromatic heterocycles. The minimum atomic E-state index is -4.05. The largest absolute Gasteiger partial charge is 0.276 e.